The van der Waals surface area contributed by atoms with Gasteiger partial charge in [0.1, 0.15) is 0 Å². The minimum atomic E-state index is -0.270. The maximum absolute atomic E-state index is 13.1. The number of thioether (sulfide) groups is 1. The lowest BCUT2D eigenvalue weighted by Gasteiger charge is -2.61. The van der Waals surface area contributed by atoms with Crippen LogP contribution >= 0.6 is 23.4 Å². The van der Waals surface area contributed by atoms with E-state index in [1.165, 1.54) is 12.0 Å². The Kier molecular flexibility index (Phi) is 5.67. The van der Waals surface area contributed by atoms with Gasteiger partial charge in [0.05, 0.1) is 5.41 Å². The zero-order valence-corrected chi connectivity index (χ0v) is 18.0. The molecule has 0 spiro atoms. The first-order valence-corrected chi connectivity index (χ1v) is 11.8. The van der Waals surface area contributed by atoms with Gasteiger partial charge in [0.25, 0.3) is 0 Å². The zero-order chi connectivity index (χ0) is 19.8. The van der Waals surface area contributed by atoms with Crippen LogP contribution in [-0.4, -0.2) is 29.7 Å². The molecule has 4 nitrogen and oxygen atoms in total. The van der Waals surface area contributed by atoms with E-state index in [-0.39, 0.29) is 22.8 Å². The van der Waals surface area contributed by atoms with Crippen molar-refractivity contribution in [3.63, 3.8) is 0 Å². The van der Waals surface area contributed by atoms with Crippen LogP contribution in [-0.2, 0) is 15.3 Å². The van der Waals surface area contributed by atoms with Crippen molar-refractivity contribution in [3.8, 4) is 0 Å². The number of amides is 2. The van der Waals surface area contributed by atoms with Gasteiger partial charge >= 0.3 is 0 Å². The number of hydrogen-bond donors (Lipinski definition) is 2. The summed E-state index contributed by atoms with van der Waals surface area (Å²) in [6.45, 7) is 2.30. The summed E-state index contributed by atoms with van der Waals surface area (Å²) < 4.78 is 0. The molecule has 28 heavy (non-hydrogen) atoms. The van der Waals surface area contributed by atoms with Gasteiger partial charge in [-0.15, -0.1) is 0 Å². The van der Waals surface area contributed by atoms with Crippen LogP contribution in [0.2, 0.25) is 5.02 Å². The Labute approximate surface area is 176 Å². The average Bonchev–Trinajstić information content (AvgIpc) is 2.60. The molecule has 4 saturated carbocycles. The lowest BCUT2D eigenvalue weighted by Crippen LogP contribution is -2.65. The fourth-order valence-corrected chi connectivity index (χ4v) is 7.19. The van der Waals surface area contributed by atoms with Crippen molar-refractivity contribution < 1.29 is 9.59 Å². The fraction of sp³-hybridized carbons (Fsp3) is 0.636. The molecule has 0 radical (unpaired) electrons. The first kappa shape index (κ1) is 20.1. The maximum Gasteiger partial charge on any atom is 0.226 e. The van der Waals surface area contributed by atoms with E-state index in [4.69, 9.17) is 11.6 Å². The van der Waals surface area contributed by atoms with Crippen LogP contribution in [0.5, 0.6) is 0 Å². The Morgan fingerprint density at radius 3 is 2.46 bits per heavy atom. The molecule has 1 aromatic rings. The molecular weight excluding hydrogens is 392 g/mol. The monoisotopic (exact) mass is 420 g/mol. The second-order valence-electron chi connectivity index (χ2n) is 9.14. The number of benzene rings is 1. The molecule has 4 fully saturated rings. The van der Waals surface area contributed by atoms with E-state index in [1.807, 2.05) is 36.0 Å². The summed E-state index contributed by atoms with van der Waals surface area (Å²) in [5, 5.41) is 7.20. The van der Waals surface area contributed by atoms with E-state index in [2.05, 4.69) is 10.6 Å². The number of carbonyl (C=O) groups is 2. The fourth-order valence-electron chi connectivity index (χ4n) is 6.24. The molecule has 4 bridgehead atoms. The molecular formula is C22H29ClN2O2S. The Hall–Kier alpha value is -1.20. The summed E-state index contributed by atoms with van der Waals surface area (Å²) in [5.41, 5.74) is 0.836. The standard InChI is InChI=1S/C22H29ClN2O2S/c1-15(26)25-22-11-17-8-18(12-22)10-21(9-17,14-22)20(27)24-6-7-28-13-16-2-4-19(23)5-3-16/h2-5,17-18H,6-14H2,1H3,(H,24,27)(H,25,26)/t17-,18-,21?,22?/m0/s1. The smallest absolute Gasteiger partial charge is 0.226 e. The predicted octanol–water partition coefficient (Wildman–Crippen LogP) is 4.16. The van der Waals surface area contributed by atoms with E-state index in [0.717, 1.165) is 48.6 Å². The molecule has 152 valence electrons. The Balaban J connectivity index is 1.29. The molecule has 2 atom stereocenters. The zero-order valence-electron chi connectivity index (χ0n) is 16.4. The van der Waals surface area contributed by atoms with Crippen molar-refractivity contribution in [1.82, 2.24) is 10.6 Å². The van der Waals surface area contributed by atoms with Gasteiger partial charge in [-0.25, -0.2) is 0 Å². The molecule has 1 aromatic carbocycles. The van der Waals surface area contributed by atoms with Crippen molar-refractivity contribution in [2.24, 2.45) is 17.3 Å². The van der Waals surface area contributed by atoms with Crippen LogP contribution in [0.1, 0.15) is 51.0 Å². The van der Waals surface area contributed by atoms with Gasteiger partial charge in [-0.1, -0.05) is 23.7 Å². The van der Waals surface area contributed by atoms with Gasteiger partial charge in [0.2, 0.25) is 11.8 Å². The van der Waals surface area contributed by atoms with Crippen molar-refractivity contribution in [2.75, 3.05) is 12.3 Å². The van der Waals surface area contributed by atoms with Crippen LogP contribution < -0.4 is 10.6 Å². The lowest BCUT2D eigenvalue weighted by atomic mass is 9.46. The Morgan fingerprint density at radius 1 is 1.14 bits per heavy atom. The molecule has 0 aromatic heterocycles. The molecule has 2 N–H and O–H groups in total. The maximum atomic E-state index is 13.1. The third-order valence-corrected chi connectivity index (χ3v) is 7.98. The molecule has 4 aliphatic carbocycles. The van der Waals surface area contributed by atoms with Crippen molar-refractivity contribution in [1.29, 1.82) is 0 Å². The third kappa shape index (κ3) is 4.20. The van der Waals surface area contributed by atoms with Crippen LogP contribution in [0.25, 0.3) is 0 Å². The number of hydrogen-bond acceptors (Lipinski definition) is 3. The average molecular weight is 421 g/mol. The van der Waals surface area contributed by atoms with E-state index < -0.39 is 0 Å². The summed E-state index contributed by atoms with van der Waals surface area (Å²) in [7, 11) is 0. The van der Waals surface area contributed by atoms with Gasteiger partial charge in [-0.3, -0.25) is 9.59 Å². The first-order chi connectivity index (χ1) is 13.4. The second kappa shape index (κ2) is 7.91. The van der Waals surface area contributed by atoms with Crippen LogP contribution in [0.15, 0.2) is 24.3 Å². The van der Waals surface area contributed by atoms with Gasteiger partial charge in [0, 0.05) is 35.5 Å². The highest BCUT2D eigenvalue weighted by molar-refractivity contribution is 7.98. The molecule has 6 heteroatoms. The molecule has 5 rings (SSSR count). The van der Waals surface area contributed by atoms with Crippen molar-refractivity contribution in [3.05, 3.63) is 34.9 Å². The minimum absolute atomic E-state index is 0.0381. The highest BCUT2D eigenvalue weighted by atomic mass is 35.5. The number of carbonyl (C=O) groups excluding carboxylic acids is 2. The summed E-state index contributed by atoms with van der Waals surface area (Å²) in [5.74, 6) is 3.23. The van der Waals surface area contributed by atoms with Crippen molar-refractivity contribution >= 4 is 35.2 Å². The topological polar surface area (TPSA) is 58.2 Å². The first-order valence-electron chi connectivity index (χ1n) is 10.3. The summed E-state index contributed by atoms with van der Waals surface area (Å²) in [6, 6.07) is 7.92. The Bertz CT molecular complexity index is 737. The largest absolute Gasteiger partial charge is 0.355 e. The highest BCUT2D eigenvalue weighted by Crippen LogP contribution is 2.61. The molecule has 4 aliphatic rings. The summed E-state index contributed by atoms with van der Waals surface area (Å²) in [4.78, 5) is 24.9. The minimum Gasteiger partial charge on any atom is -0.355 e. The van der Waals surface area contributed by atoms with Crippen LogP contribution in [0, 0.1) is 17.3 Å². The predicted molar refractivity (Wildman–Crippen MR) is 114 cm³/mol. The van der Waals surface area contributed by atoms with Crippen molar-refractivity contribution in [2.45, 2.75) is 56.7 Å². The van der Waals surface area contributed by atoms with E-state index in [0.29, 0.717) is 18.4 Å². The highest BCUT2D eigenvalue weighted by Gasteiger charge is 2.60. The summed E-state index contributed by atoms with van der Waals surface area (Å²) >= 11 is 7.74. The number of nitrogens with one attached hydrogen (secondary N) is 2. The normalized spacial score (nSPS) is 32.9. The molecule has 0 heterocycles. The molecule has 0 unspecified atom stereocenters. The second-order valence-corrected chi connectivity index (χ2v) is 10.7. The van der Waals surface area contributed by atoms with Gasteiger partial charge < -0.3 is 10.6 Å². The molecule has 2 amide bonds. The van der Waals surface area contributed by atoms with E-state index in [9.17, 15) is 9.59 Å². The number of halogens is 1. The Morgan fingerprint density at radius 2 is 1.82 bits per heavy atom. The van der Waals surface area contributed by atoms with Gasteiger partial charge in [-0.2, -0.15) is 11.8 Å². The molecule has 0 aliphatic heterocycles. The van der Waals surface area contributed by atoms with Gasteiger partial charge in [0.15, 0.2) is 0 Å². The van der Waals surface area contributed by atoms with Crippen LogP contribution in [0.4, 0.5) is 0 Å². The molecule has 0 saturated heterocycles. The third-order valence-electron chi connectivity index (χ3n) is 6.70. The SMILES string of the molecule is CC(=O)NC12C[C@H]3C[C@H](C1)CC(C(=O)NCCSCc1ccc(Cl)cc1)(C3)C2. The van der Waals surface area contributed by atoms with Gasteiger partial charge in [-0.05, 0) is 68.1 Å². The quantitative estimate of drug-likeness (QED) is 0.651. The van der Waals surface area contributed by atoms with E-state index in [1.54, 1.807) is 6.92 Å². The van der Waals surface area contributed by atoms with Crippen LogP contribution in [0.3, 0.4) is 0 Å². The lowest BCUT2D eigenvalue weighted by molar-refractivity contribution is -0.152. The summed E-state index contributed by atoms with van der Waals surface area (Å²) in [6.07, 6.45) is 6.14. The van der Waals surface area contributed by atoms with E-state index >= 15 is 0 Å². The number of rotatable bonds is 7.